The first-order valence-electron chi connectivity index (χ1n) is 9.24. The number of nitrogens with two attached hydrogens (primary N) is 1. The Hall–Kier alpha value is -1.70. The van der Waals surface area contributed by atoms with Crippen LogP contribution in [-0.2, 0) is 9.53 Å². The van der Waals surface area contributed by atoms with Crippen LogP contribution in [0.25, 0.3) is 0 Å². The van der Waals surface area contributed by atoms with Crippen LogP contribution in [0.15, 0.2) is 18.2 Å². The standard InChI is InChI=1S/C19H30FN3O3/c1-15-2-3-17(20)12-18(15)26-11-10-25-9-6-22-19(24)14-23-7-4-16(13-21)5-8-23/h2-3,12,16H,4-11,13-14,21H2,1H3,(H,22,24). The predicted octanol–water partition coefficient (Wildman–Crippen LogP) is 1.32. The predicted molar refractivity (Wildman–Crippen MR) is 98.7 cm³/mol. The summed E-state index contributed by atoms with van der Waals surface area (Å²) in [5.41, 5.74) is 6.56. The summed E-state index contributed by atoms with van der Waals surface area (Å²) in [6, 6.07) is 4.45. The number of carbonyl (C=O) groups is 1. The highest BCUT2D eigenvalue weighted by Gasteiger charge is 2.19. The second-order valence-electron chi connectivity index (χ2n) is 6.68. The zero-order chi connectivity index (χ0) is 18.8. The highest BCUT2D eigenvalue weighted by Crippen LogP contribution is 2.18. The van der Waals surface area contributed by atoms with E-state index in [0.29, 0.717) is 44.6 Å². The van der Waals surface area contributed by atoms with Crippen molar-refractivity contribution >= 4 is 5.91 Å². The van der Waals surface area contributed by atoms with Gasteiger partial charge in [0.15, 0.2) is 0 Å². The maximum Gasteiger partial charge on any atom is 0.234 e. The molecule has 6 nitrogen and oxygen atoms in total. The van der Waals surface area contributed by atoms with Crippen LogP contribution < -0.4 is 15.8 Å². The van der Waals surface area contributed by atoms with Crippen molar-refractivity contribution in [2.75, 3.05) is 52.5 Å². The fourth-order valence-electron chi connectivity index (χ4n) is 2.94. The van der Waals surface area contributed by atoms with Gasteiger partial charge < -0.3 is 20.5 Å². The largest absolute Gasteiger partial charge is 0.491 e. The summed E-state index contributed by atoms with van der Waals surface area (Å²) < 4.78 is 24.1. The molecule has 0 bridgehead atoms. The Bertz CT molecular complexity index is 563. The Kier molecular flexibility index (Phi) is 8.80. The van der Waals surface area contributed by atoms with Gasteiger partial charge in [-0.3, -0.25) is 9.69 Å². The number of hydrogen-bond donors (Lipinski definition) is 2. The third-order valence-electron chi connectivity index (χ3n) is 4.61. The molecule has 0 saturated carbocycles. The van der Waals surface area contributed by atoms with Crippen LogP contribution in [0, 0.1) is 18.7 Å². The molecule has 146 valence electrons. The van der Waals surface area contributed by atoms with Crippen LogP contribution in [0.1, 0.15) is 18.4 Å². The molecule has 1 heterocycles. The highest BCUT2D eigenvalue weighted by molar-refractivity contribution is 5.77. The van der Waals surface area contributed by atoms with Gasteiger partial charge in [0.05, 0.1) is 19.8 Å². The molecular formula is C19H30FN3O3. The molecule has 0 radical (unpaired) electrons. The van der Waals surface area contributed by atoms with E-state index in [1.165, 1.54) is 12.1 Å². The number of nitrogens with one attached hydrogen (secondary N) is 1. The Labute approximate surface area is 154 Å². The fraction of sp³-hybridized carbons (Fsp3) is 0.632. The van der Waals surface area contributed by atoms with Gasteiger partial charge in [0.2, 0.25) is 5.91 Å². The minimum absolute atomic E-state index is 0.0198. The molecule has 1 aliphatic rings. The molecule has 0 unspecified atom stereocenters. The molecule has 1 saturated heterocycles. The Balaban J connectivity index is 1.48. The summed E-state index contributed by atoms with van der Waals surface area (Å²) in [6.45, 7) is 6.52. The van der Waals surface area contributed by atoms with Crippen molar-refractivity contribution in [1.29, 1.82) is 0 Å². The van der Waals surface area contributed by atoms with Gasteiger partial charge in [-0.05, 0) is 56.9 Å². The second kappa shape index (κ2) is 11.1. The number of rotatable bonds is 10. The number of nitrogens with zero attached hydrogens (tertiary/aromatic N) is 1. The molecule has 0 aromatic heterocycles. The highest BCUT2D eigenvalue weighted by atomic mass is 19.1. The lowest BCUT2D eigenvalue weighted by Crippen LogP contribution is -2.43. The number of amides is 1. The molecule has 0 spiro atoms. The van der Waals surface area contributed by atoms with Crippen LogP contribution in [0.3, 0.4) is 0 Å². The quantitative estimate of drug-likeness (QED) is 0.610. The Morgan fingerprint density at radius 1 is 1.31 bits per heavy atom. The van der Waals surface area contributed by atoms with E-state index in [0.717, 1.165) is 38.0 Å². The van der Waals surface area contributed by atoms with Crippen molar-refractivity contribution in [3.8, 4) is 5.75 Å². The number of carbonyl (C=O) groups excluding carboxylic acids is 1. The normalized spacial score (nSPS) is 15.8. The summed E-state index contributed by atoms with van der Waals surface area (Å²) in [4.78, 5) is 14.1. The van der Waals surface area contributed by atoms with Gasteiger partial charge in [0, 0.05) is 12.6 Å². The van der Waals surface area contributed by atoms with Crippen molar-refractivity contribution in [3.63, 3.8) is 0 Å². The summed E-state index contributed by atoms with van der Waals surface area (Å²) >= 11 is 0. The summed E-state index contributed by atoms with van der Waals surface area (Å²) in [5, 5.41) is 2.86. The average Bonchev–Trinajstić information content (AvgIpc) is 2.64. The molecule has 26 heavy (non-hydrogen) atoms. The molecular weight excluding hydrogens is 337 g/mol. The first kappa shape index (κ1) is 20.6. The van der Waals surface area contributed by atoms with Crippen LogP contribution in [0.5, 0.6) is 5.75 Å². The number of halogens is 1. The van der Waals surface area contributed by atoms with Gasteiger partial charge in [0.25, 0.3) is 0 Å². The molecule has 1 aromatic rings. The van der Waals surface area contributed by atoms with E-state index in [1.807, 2.05) is 6.92 Å². The molecule has 1 fully saturated rings. The van der Waals surface area contributed by atoms with Crippen molar-refractivity contribution in [2.24, 2.45) is 11.7 Å². The molecule has 1 aromatic carbocycles. The topological polar surface area (TPSA) is 76.8 Å². The van der Waals surface area contributed by atoms with Crippen molar-refractivity contribution in [2.45, 2.75) is 19.8 Å². The molecule has 1 aliphatic heterocycles. The average molecular weight is 367 g/mol. The van der Waals surface area contributed by atoms with Crippen molar-refractivity contribution in [3.05, 3.63) is 29.6 Å². The number of ether oxygens (including phenoxy) is 2. The smallest absolute Gasteiger partial charge is 0.234 e. The number of likely N-dealkylation sites (tertiary alicyclic amines) is 1. The summed E-state index contributed by atoms with van der Waals surface area (Å²) in [5.74, 6) is 0.828. The monoisotopic (exact) mass is 367 g/mol. The molecule has 1 amide bonds. The van der Waals surface area contributed by atoms with E-state index in [2.05, 4.69) is 10.2 Å². The van der Waals surface area contributed by atoms with Gasteiger partial charge in [-0.1, -0.05) is 6.07 Å². The van der Waals surface area contributed by atoms with Crippen LogP contribution in [-0.4, -0.2) is 63.4 Å². The zero-order valence-electron chi connectivity index (χ0n) is 15.5. The molecule has 7 heteroatoms. The SMILES string of the molecule is Cc1ccc(F)cc1OCCOCCNC(=O)CN1CCC(CN)CC1. The minimum atomic E-state index is -0.318. The van der Waals surface area contributed by atoms with E-state index >= 15 is 0 Å². The Morgan fingerprint density at radius 2 is 2.08 bits per heavy atom. The summed E-state index contributed by atoms with van der Waals surface area (Å²) in [7, 11) is 0. The third-order valence-corrected chi connectivity index (χ3v) is 4.61. The van der Waals surface area contributed by atoms with E-state index in [-0.39, 0.29) is 11.7 Å². The van der Waals surface area contributed by atoms with E-state index < -0.39 is 0 Å². The third kappa shape index (κ3) is 7.27. The summed E-state index contributed by atoms with van der Waals surface area (Å²) in [6.07, 6.45) is 2.13. The van der Waals surface area contributed by atoms with Gasteiger partial charge in [-0.15, -0.1) is 0 Å². The van der Waals surface area contributed by atoms with E-state index in [1.54, 1.807) is 6.07 Å². The number of aryl methyl sites for hydroxylation is 1. The van der Waals surface area contributed by atoms with E-state index in [9.17, 15) is 9.18 Å². The van der Waals surface area contributed by atoms with Gasteiger partial charge in [-0.25, -0.2) is 4.39 Å². The molecule has 3 N–H and O–H groups in total. The first-order valence-corrected chi connectivity index (χ1v) is 9.24. The zero-order valence-corrected chi connectivity index (χ0v) is 15.5. The first-order chi connectivity index (χ1) is 12.6. The maximum atomic E-state index is 13.1. The van der Waals surface area contributed by atoms with Gasteiger partial charge in [-0.2, -0.15) is 0 Å². The molecule has 2 rings (SSSR count). The second-order valence-corrected chi connectivity index (χ2v) is 6.68. The van der Waals surface area contributed by atoms with Crippen molar-refractivity contribution < 1.29 is 18.7 Å². The lowest BCUT2D eigenvalue weighted by Gasteiger charge is -2.30. The van der Waals surface area contributed by atoms with Gasteiger partial charge >= 0.3 is 0 Å². The van der Waals surface area contributed by atoms with Crippen molar-refractivity contribution in [1.82, 2.24) is 10.2 Å². The number of hydrogen-bond acceptors (Lipinski definition) is 5. The fourth-order valence-corrected chi connectivity index (χ4v) is 2.94. The van der Waals surface area contributed by atoms with Gasteiger partial charge in [0.1, 0.15) is 18.2 Å². The van der Waals surface area contributed by atoms with Crippen LogP contribution in [0.2, 0.25) is 0 Å². The lowest BCUT2D eigenvalue weighted by atomic mass is 9.97. The van der Waals surface area contributed by atoms with E-state index in [4.69, 9.17) is 15.2 Å². The molecule has 0 aliphatic carbocycles. The Morgan fingerprint density at radius 3 is 2.81 bits per heavy atom. The van der Waals surface area contributed by atoms with Crippen LogP contribution >= 0.6 is 0 Å². The number of benzene rings is 1. The number of piperidine rings is 1. The lowest BCUT2D eigenvalue weighted by molar-refractivity contribution is -0.122. The van der Waals surface area contributed by atoms with Crippen LogP contribution in [0.4, 0.5) is 4.39 Å². The maximum absolute atomic E-state index is 13.1. The minimum Gasteiger partial charge on any atom is -0.491 e. The molecule has 0 atom stereocenters.